The highest BCUT2D eigenvalue weighted by molar-refractivity contribution is 7.13. The monoisotopic (exact) mass is 321 g/mol. The van der Waals surface area contributed by atoms with Crippen molar-refractivity contribution >= 4 is 33.3 Å². The first-order valence-electron chi connectivity index (χ1n) is 7.55. The van der Waals surface area contributed by atoms with Crippen LogP contribution in [0.1, 0.15) is 5.56 Å². The molecule has 0 unspecified atom stereocenters. The zero-order valence-electron chi connectivity index (χ0n) is 12.5. The molecule has 5 nitrogen and oxygen atoms in total. The Bertz CT molecular complexity index is 874. The van der Waals surface area contributed by atoms with Gasteiger partial charge < -0.3 is 9.80 Å². The molecule has 3 heterocycles. The van der Waals surface area contributed by atoms with Gasteiger partial charge in [-0.1, -0.05) is 12.1 Å². The maximum absolute atomic E-state index is 9.02. The van der Waals surface area contributed by atoms with Gasteiger partial charge in [0.1, 0.15) is 11.6 Å². The third kappa shape index (κ3) is 2.60. The Morgan fingerprint density at radius 1 is 1.04 bits per heavy atom. The molecule has 0 saturated carbocycles. The normalized spacial score (nSPS) is 14.9. The van der Waals surface area contributed by atoms with Crippen molar-refractivity contribution in [2.45, 2.75) is 0 Å². The summed E-state index contributed by atoms with van der Waals surface area (Å²) in [5.74, 6) is 1.97. The maximum atomic E-state index is 9.02. The number of nitrogens with zero attached hydrogens (tertiary/aromatic N) is 5. The number of fused-ring (bicyclic) bond motifs is 1. The zero-order chi connectivity index (χ0) is 15.6. The fourth-order valence-corrected chi connectivity index (χ4v) is 3.70. The van der Waals surface area contributed by atoms with E-state index in [0.29, 0.717) is 5.56 Å². The topological polar surface area (TPSA) is 56.1 Å². The summed E-state index contributed by atoms with van der Waals surface area (Å²) in [4.78, 5) is 8.96. The van der Waals surface area contributed by atoms with E-state index in [9.17, 15) is 0 Å². The van der Waals surface area contributed by atoms with Crippen LogP contribution in [0.15, 0.2) is 42.6 Å². The Labute approximate surface area is 138 Å². The van der Waals surface area contributed by atoms with E-state index in [-0.39, 0.29) is 0 Å². The minimum Gasteiger partial charge on any atom is -0.353 e. The summed E-state index contributed by atoms with van der Waals surface area (Å²) in [6.45, 7) is 3.58. The Morgan fingerprint density at radius 3 is 2.65 bits per heavy atom. The second-order valence-electron chi connectivity index (χ2n) is 5.49. The van der Waals surface area contributed by atoms with Crippen molar-refractivity contribution in [1.82, 2.24) is 9.36 Å². The molecule has 1 aliphatic heterocycles. The standard InChI is InChI=1S/C17H15N5S/c18-12-13-5-6-19-16(11-13)21-7-9-22(10-8-21)17-14-3-1-2-4-15(14)23-20-17/h1-6,11H,7-10H2. The highest BCUT2D eigenvalue weighted by Gasteiger charge is 2.21. The van der Waals surface area contributed by atoms with Crippen LogP contribution in [-0.2, 0) is 0 Å². The first-order valence-corrected chi connectivity index (χ1v) is 8.33. The summed E-state index contributed by atoms with van der Waals surface area (Å²) in [5, 5.41) is 10.2. The van der Waals surface area contributed by atoms with Crippen molar-refractivity contribution in [1.29, 1.82) is 5.26 Å². The van der Waals surface area contributed by atoms with Crippen LogP contribution < -0.4 is 9.80 Å². The van der Waals surface area contributed by atoms with Gasteiger partial charge in [0.05, 0.1) is 16.3 Å². The van der Waals surface area contributed by atoms with E-state index in [2.05, 4.69) is 49.5 Å². The number of pyridine rings is 1. The van der Waals surface area contributed by atoms with Gasteiger partial charge >= 0.3 is 0 Å². The summed E-state index contributed by atoms with van der Waals surface area (Å²) >= 11 is 1.56. The van der Waals surface area contributed by atoms with Crippen LogP contribution in [-0.4, -0.2) is 35.5 Å². The van der Waals surface area contributed by atoms with Gasteiger partial charge in [-0.05, 0) is 35.8 Å². The molecule has 0 radical (unpaired) electrons. The summed E-state index contributed by atoms with van der Waals surface area (Å²) in [6, 6.07) is 14.1. The zero-order valence-corrected chi connectivity index (χ0v) is 13.3. The van der Waals surface area contributed by atoms with Crippen molar-refractivity contribution in [2.24, 2.45) is 0 Å². The lowest BCUT2D eigenvalue weighted by Crippen LogP contribution is -2.47. The molecular formula is C17H15N5S. The molecule has 114 valence electrons. The van der Waals surface area contributed by atoms with Gasteiger partial charge in [0.25, 0.3) is 0 Å². The predicted octanol–water partition coefficient (Wildman–Crippen LogP) is 2.89. The van der Waals surface area contributed by atoms with E-state index in [4.69, 9.17) is 5.26 Å². The largest absolute Gasteiger partial charge is 0.353 e. The quantitative estimate of drug-likeness (QED) is 0.726. The molecule has 0 aliphatic carbocycles. The number of piperazine rings is 1. The molecule has 0 atom stereocenters. The van der Waals surface area contributed by atoms with Crippen LogP contribution in [0.3, 0.4) is 0 Å². The summed E-state index contributed by atoms with van der Waals surface area (Å²) in [6.07, 6.45) is 1.70. The predicted molar refractivity (Wildman–Crippen MR) is 93.0 cm³/mol. The lowest BCUT2D eigenvalue weighted by Gasteiger charge is -2.35. The van der Waals surface area contributed by atoms with E-state index in [0.717, 1.165) is 37.8 Å². The summed E-state index contributed by atoms with van der Waals surface area (Å²) in [7, 11) is 0. The van der Waals surface area contributed by atoms with Gasteiger partial charge in [0.15, 0.2) is 0 Å². The van der Waals surface area contributed by atoms with Gasteiger partial charge in [0, 0.05) is 37.8 Å². The lowest BCUT2D eigenvalue weighted by molar-refractivity contribution is 0.645. The molecule has 1 fully saturated rings. The van der Waals surface area contributed by atoms with E-state index >= 15 is 0 Å². The molecule has 2 aromatic heterocycles. The van der Waals surface area contributed by atoms with Crippen molar-refractivity contribution in [3.05, 3.63) is 48.2 Å². The van der Waals surface area contributed by atoms with Gasteiger partial charge in [-0.25, -0.2) is 4.98 Å². The first kappa shape index (κ1) is 14.0. The lowest BCUT2D eigenvalue weighted by atomic mass is 10.2. The average Bonchev–Trinajstić information content (AvgIpc) is 3.06. The van der Waals surface area contributed by atoms with Crippen LogP contribution in [0.25, 0.3) is 10.1 Å². The molecule has 1 aromatic carbocycles. The Kier molecular flexibility index (Phi) is 3.56. The summed E-state index contributed by atoms with van der Waals surface area (Å²) in [5.41, 5.74) is 0.655. The van der Waals surface area contributed by atoms with Crippen LogP contribution in [0.2, 0.25) is 0 Å². The van der Waals surface area contributed by atoms with Crippen molar-refractivity contribution in [3.63, 3.8) is 0 Å². The highest BCUT2D eigenvalue weighted by atomic mass is 32.1. The van der Waals surface area contributed by atoms with Crippen LogP contribution >= 0.6 is 11.5 Å². The maximum Gasteiger partial charge on any atom is 0.150 e. The van der Waals surface area contributed by atoms with Gasteiger partial charge in [-0.2, -0.15) is 9.64 Å². The number of anilines is 2. The number of aromatic nitrogens is 2. The van der Waals surface area contributed by atoms with Crippen LogP contribution in [0, 0.1) is 11.3 Å². The number of hydrogen-bond donors (Lipinski definition) is 0. The van der Waals surface area contributed by atoms with Gasteiger partial charge in [0.2, 0.25) is 0 Å². The minimum atomic E-state index is 0.655. The molecule has 4 rings (SSSR count). The molecule has 1 saturated heterocycles. The number of hydrogen-bond acceptors (Lipinski definition) is 6. The molecule has 23 heavy (non-hydrogen) atoms. The second-order valence-corrected chi connectivity index (χ2v) is 6.30. The number of benzene rings is 1. The van der Waals surface area contributed by atoms with Crippen LogP contribution in [0.4, 0.5) is 11.6 Å². The third-order valence-corrected chi connectivity index (χ3v) is 4.95. The molecular weight excluding hydrogens is 306 g/mol. The van der Waals surface area contributed by atoms with E-state index in [1.54, 1.807) is 23.8 Å². The molecule has 0 spiro atoms. The summed E-state index contributed by atoms with van der Waals surface area (Å²) < 4.78 is 5.86. The Morgan fingerprint density at radius 2 is 1.83 bits per heavy atom. The molecule has 0 bridgehead atoms. The van der Waals surface area contributed by atoms with Crippen molar-refractivity contribution < 1.29 is 0 Å². The average molecular weight is 321 g/mol. The Balaban J connectivity index is 1.52. The molecule has 1 aliphatic rings. The fraction of sp³-hybridized carbons (Fsp3) is 0.235. The molecule has 6 heteroatoms. The number of nitriles is 1. The smallest absolute Gasteiger partial charge is 0.150 e. The highest BCUT2D eigenvalue weighted by Crippen LogP contribution is 2.30. The van der Waals surface area contributed by atoms with Crippen molar-refractivity contribution in [3.8, 4) is 6.07 Å². The molecule has 0 amide bonds. The second kappa shape index (κ2) is 5.86. The minimum absolute atomic E-state index is 0.655. The Hall–Kier alpha value is -2.65. The van der Waals surface area contributed by atoms with E-state index < -0.39 is 0 Å². The molecule has 0 N–H and O–H groups in total. The third-order valence-electron chi connectivity index (χ3n) is 4.14. The van der Waals surface area contributed by atoms with E-state index in [1.165, 1.54) is 10.1 Å². The SMILES string of the molecule is N#Cc1ccnc(N2CCN(c3nsc4ccccc34)CC2)c1. The fourth-order valence-electron chi connectivity index (χ4n) is 2.91. The first-order chi connectivity index (χ1) is 11.3. The van der Waals surface area contributed by atoms with Crippen molar-refractivity contribution in [2.75, 3.05) is 36.0 Å². The number of rotatable bonds is 2. The van der Waals surface area contributed by atoms with E-state index in [1.807, 2.05) is 6.07 Å². The van der Waals surface area contributed by atoms with Gasteiger partial charge in [-0.15, -0.1) is 0 Å². The van der Waals surface area contributed by atoms with Gasteiger partial charge in [-0.3, -0.25) is 0 Å². The molecule has 3 aromatic rings. The van der Waals surface area contributed by atoms with Crippen LogP contribution in [0.5, 0.6) is 0 Å².